The van der Waals surface area contributed by atoms with Gasteiger partial charge >= 0.3 is 6.09 Å². The highest BCUT2D eigenvalue weighted by Gasteiger charge is 2.32. The zero-order valence-corrected chi connectivity index (χ0v) is 8.60. The third-order valence-corrected chi connectivity index (χ3v) is 2.53. The average Bonchev–Trinajstić information content (AvgIpc) is 2.60. The molecular formula is C11H12FNO3. The zero-order valence-electron chi connectivity index (χ0n) is 8.60. The second-order valence-corrected chi connectivity index (χ2v) is 3.67. The van der Waals surface area contributed by atoms with E-state index in [1.165, 1.54) is 17.0 Å². The van der Waals surface area contributed by atoms with Crippen LogP contribution < -0.4 is 0 Å². The van der Waals surface area contributed by atoms with Crippen LogP contribution in [0.25, 0.3) is 0 Å². The highest BCUT2D eigenvalue weighted by Crippen LogP contribution is 2.16. The summed E-state index contributed by atoms with van der Waals surface area (Å²) in [5.41, 5.74) is 0.678. The second kappa shape index (κ2) is 4.49. The Morgan fingerprint density at radius 2 is 2.38 bits per heavy atom. The lowest BCUT2D eigenvalue weighted by atomic mass is 10.2. The Kier molecular flexibility index (Phi) is 3.05. The third-order valence-electron chi connectivity index (χ3n) is 2.53. The molecule has 4 nitrogen and oxygen atoms in total. The number of aliphatic hydroxyl groups excluding tert-OH is 1. The molecule has 1 aliphatic rings. The Morgan fingerprint density at radius 3 is 3.06 bits per heavy atom. The minimum Gasteiger partial charge on any atom is -0.447 e. The number of ether oxygens (including phenoxy) is 1. The quantitative estimate of drug-likeness (QED) is 0.839. The molecule has 0 saturated carbocycles. The van der Waals surface area contributed by atoms with Gasteiger partial charge in [0.25, 0.3) is 0 Å². The van der Waals surface area contributed by atoms with Gasteiger partial charge in [-0.3, -0.25) is 4.90 Å². The van der Waals surface area contributed by atoms with E-state index in [9.17, 15) is 9.18 Å². The van der Waals surface area contributed by atoms with Crippen molar-refractivity contribution in [3.05, 3.63) is 35.6 Å². The van der Waals surface area contributed by atoms with Gasteiger partial charge in [-0.1, -0.05) is 12.1 Å². The number of benzene rings is 1. The summed E-state index contributed by atoms with van der Waals surface area (Å²) in [5, 5.41) is 9.04. The fraction of sp³-hybridized carbons (Fsp3) is 0.364. The van der Waals surface area contributed by atoms with Gasteiger partial charge in [0.1, 0.15) is 12.4 Å². The maximum absolute atomic E-state index is 12.9. The molecule has 0 bridgehead atoms. The Bertz CT molecular complexity index is 397. The van der Waals surface area contributed by atoms with Crippen molar-refractivity contribution in [2.45, 2.75) is 12.6 Å². The molecule has 0 aliphatic carbocycles. The number of nitrogens with zero attached hydrogens (tertiary/aromatic N) is 1. The monoisotopic (exact) mass is 225 g/mol. The fourth-order valence-electron chi connectivity index (χ4n) is 1.67. The summed E-state index contributed by atoms with van der Waals surface area (Å²) in [7, 11) is 0. The van der Waals surface area contributed by atoms with Crippen molar-refractivity contribution in [2.75, 3.05) is 13.2 Å². The summed E-state index contributed by atoms with van der Waals surface area (Å²) >= 11 is 0. The Labute approximate surface area is 92.2 Å². The highest BCUT2D eigenvalue weighted by molar-refractivity contribution is 5.70. The van der Waals surface area contributed by atoms with Crippen molar-refractivity contribution in [3.63, 3.8) is 0 Å². The SMILES string of the molecule is O=C1OCC(CO)N1Cc1cccc(F)c1. The van der Waals surface area contributed by atoms with Crippen molar-refractivity contribution >= 4 is 6.09 Å². The lowest BCUT2D eigenvalue weighted by Gasteiger charge is -2.19. The Hall–Kier alpha value is -1.62. The average molecular weight is 225 g/mol. The van der Waals surface area contributed by atoms with Gasteiger partial charge < -0.3 is 9.84 Å². The van der Waals surface area contributed by atoms with Gasteiger partial charge in [-0.15, -0.1) is 0 Å². The van der Waals surface area contributed by atoms with Crippen molar-refractivity contribution in [3.8, 4) is 0 Å². The molecule has 1 N–H and O–H groups in total. The van der Waals surface area contributed by atoms with E-state index < -0.39 is 6.09 Å². The number of amides is 1. The van der Waals surface area contributed by atoms with Crippen LogP contribution in [-0.2, 0) is 11.3 Å². The first-order valence-electron chi connectivity index (χ1n) is 4.99. The lowest BCUT2D eigenvalue weighted by molar-refractivity contribution is 0.151. The molecular weight excluding hydrogens is 213 g/mol. The van der Waals surface area contributed by atoms with Crippen LogP contribution in [0.1, 0.15) is 5.56 Å². The summed E-state index contributed by atoms with van der Waals surface area (Å²) in [6.07, 6.45) is -0.469. The van der Waals surface area contributed by atoms with Crippen LogP contribution in [0.5, 0.6) is 0 Å². The van der Waals surface area contributed by atoms with E-state index in [0.717, 1.165) is 0 Å². The first kappa shape index (κ1) is 10.9. The van der Waals surface area contributed by atoms with Crippen LogP contribution in [0, 0.1) is 5.82 Å². The van der Waals surface area contributed by atoms with E-state index in [1.807, 2.05) is 0 Å². The summed E-state index contributed by atoms with van der Waals surface area (Å²) in [6.45, 7) is 0.285. The number of hydrogen-bond donors (Lipinski definition) is 1. The van der Waals surface area contributed by atoms with Gasteiger partial charge in [-0.2, -0.15) is 0 Å². The first-order chi connectivity index (χ1) is 7.70. The molecule has 86 valence electrons. The van der Waals surface area contributed by atoms with Crippen LogP contribution >= 0.6 is 0 Å². The maximum atomic E-state index is 12.9. The first-order valence-corrected chi connectivity index (χ1v) is 4.99. The predicted molar refractivity (Wildman–Crippen MR) is 54.2 cm³/mol. The largest absolute Gasteiger partial charge is 0.447 e. The molecule has 1 amide bonds. The normalized spacial score (nSPS) is 20.0. The third kappa shape index (κ3) is 2.14. The molecule has 1 heterocycles. The number of cyclic esters (lactones) is 1. The molecule has 2 rings (SSSR count). The number of aliphatic hydroxyl groups is 1. The molecule has 1 saturated heterocycles. The van der Waals surface area contributed by atoms with Gasteiger partial charge in [0, 0.05) is 6.54 Å². The predicted octanol–water partition coefficient (Wildman–Crippen LogP) is 1.14. The van der Waals surface area contributed by atoms with Crippen molar-refractivity contribution in [1.82, 2.24) is 4.90 Å². The van der Waals surface area contributed by atoms with Crippen molar-refractivity contribution in [1.29, 1.82) is 0 Å². The van der Waals surface area contributed by atoms with E-state index in [1.54, 1.807) is 12.1 Å². The van der Waals surface area contributed by atoms with Gasteiger partial charge in [0.2, 0.25) is 0 Å². The molecule has 16 heavy (non-hydrogen) atoms. The molecule has 1 atom stereocenters. The molecule has 0 radical (unpaired) electrons. The molecule has 1 aromatic rings. The number of halogens is 1. The van der Waals surface area contributed by atoms with Crippen LogP contribution in [0.4, 0.5) is 9.18 Å². The van der Waals surface area contributed by atoms with Crippen LogP contribution in [-0.4, -0.2) is 35.4 Å². The maximum Gasteiger partial charge on any atom is 0.410 e. The van der Waals surface area contributed by atoms with E-state index in [4.69, 9.17) is 9.84 Å². The van der Waals surface area contributed by atoms with E-state index in [2.05, 4.69) is 0 Å². The minimum atomic E-state index is -0.469. The smallest absolute Gasteiger partial charge is 0.410 e. The summed E-state index contributed by atoms with van der Waals surface area (Å²) in [6, 6.07) is 5.68. The standard InChI is InChI=1S/C11H12FNO3/c12-9-3-1-2-8(4-9)5-13-10(6-14)7-16-11(13)15/h1-4,10,14H,5-7H2. The Morgan fingerprint density at radius 1 is 1.56 bits per heavy atom. The van der Waals surface area contributed by atoms with Gasteiger partial charge in [-0.25, -0.2) is 9.18 Å². The number of carbonyl (C=O) groups excluding carboxylic acids is 1. The number of rotatable bonds is 3. The van der Waals surface area contributed by atoms with Crippen LogP contribution in [0.15, 0.2) is 24.3 Å². The van der Waals surface area contributed by atoms with E-state index in [-0.39, 0.29) is 31.6 Å². The summed E-state index contributed by atoms with van der Waals surface area (Å²) < 4.78 is 17.7. The van der Waals surface area contributed by atoms with Crippen LogP contribution in [0.2, 0.25) is 0 Å². The molecule has 5 heteroatoms. The molecule has 0 aromatic heterocycles. The molecule has 1 aliphatic heterocycles. The van der Waals surface area contributed by atoms with Gasteiger partial charge in [0.15, 0.2) is 0 Å². The zero-order chi connectivity index (χ0) is 11.5. The molecule has 1 unspecified atom stereocenters. The number of hydrogen-bond acceptors (Lipinski definition) is 3. The fourth-order valence-corrected chi connectivity index (χ4v) is 1.67. The molecule has 1 fully saturated rings. The lowest BCUT2D eigenvalue weighted by Crippen LogP contribution is -2.35. The molecule has 0 spiro atoms. The van der Waals surface area contributed by atoms with E-state index in [0.29, 0.717) is 5.56 Å². The van der Waals surface area contributed by atoms with Gasteiger partial charge in [-0.05, 0) is 17.7 Å². The minimum absolute atomic E-state index is 0.152. The molecule has 1 aromatic carbocycles. The number of carbonyl (C=O) groups is 1. The topological polar surface area (TPSA) is 49.8 Å². The summed E-state index contributed by atoms with van der Waals surface area (Å²) in [5.74, 6) is -0.342. The van der Waals surface area contributed by atoms with E-state index >= 15 is 0 Å². The highest BCUT2D eigenvalue weighted by atomic mass is 19.1. The van der Waals surface area contributed by atoms with Gasteiger partial charge in [0.05, 0.1) is 12.6 Å². The summed E-state index contributed by atoms with van der Waals surface area (Å²) in [4.78, 5) is 12.7. The Balaban J connectivity index is 2.11. The van der Waals surface area contributed by atoms with Crippen LogP contribution in [0.3, 0.4) is 0 Å². The van der Waals surface area contributed by atoms with Crippen molar-refractivity contribution < 1.29 is 19.0 Å². The second-order valence-electron chi connectivity index (χ2n) is 3.67. The van der Waals surface area contributed by atoms with Crippen molar-refractivity contribution in [2.24, 2.45) is 0 Å².